The zero-order valence-electron chi connectivity index (χ0n) is 15.2. The van der Waals surface area contributed by atoms with Gasteiger partial charge in [0.2, 0.25) is 5.95 Å². The summed E-state index contributed by atoms with van der Waals surface area (Å²) in [6.45, 7) is 9.77. The molecule has 0 unspecified atom stereocenters. The van der Waals surface area contributed by atoms with Gasteiger partial charge in [-0.1, -0.05) is 13.3 Å². The van der Waals surface area contributed by atoms with Crippen molar-refractivity contribution in [1.29, 1.82) is 0 Å². The summed E-state index contributed by atoms with van der Waals surface area (Å²) in [6.07, 6.45) is 1.88. The van der Waals surface area contributed by atoms with Gasteiger partial charge in [0.25, 0.3) is 5.69 Å². The Bertz CT molecular complexity index is 744. The number of nitrogens with one attached hydrogen (secondary N) is 1. The van der Waals surface area contributed by atoms with Gasteiger partial charge in [-0.05, 0) is 39.3 Å². The average molecular weight is 343 g/mol. The lowest BCUT2D eigenvalue weighted by Crippen LogP contribution is -2.23. The highest BCUT2D eigenvalue weighted by Crippen LogP contribution is 2.24. The molecule has 0 radical (unpaired) electrons. The molecule has 0 aliphatic rings. The SMILES string of the molecule is CCCc1cc(N(CC)CC)nc(Nc2ccc([N+](=O)[O-])c(C)c2)n1. The van der Waals surface area contributed by atoms with E-state index < -0.39 is 0 Å². The normalized spacial score (nSPS) is 10.6. The summed E-state index contributed by atoms with van der Waals surface area (Å²) < 4.78 is 0. The summed E-state index contributed by atoms with van der Waals surface area (Å²) in [5.41, 5.74) is 2.43. The van der Waals surface area contributed by atoms with E-state index in [2.05, 4.69) is 41.0 Å². The maximum atomic E-state index is 10.9. The van der Waals surface area contributed by atoms with Crippen LogP contribution in [0, 0.1) is 17.0 Å². The third-order valence-electron chi connectivity index (χ3n) is 4.01. The van der Waals surface area contributed by atoms with Gasteiger partial charge in [-0.15, -0.1) is 0 Å². The monoisotopic (exact) mass is 343 g/mol. The summed E-state index contributed by atoms with van der Waals surface area (Å²) >= 11 is 0. The molecule has 0 aliphatic heterocycles. The number of hydrogen-bond acceptors (Lipinski definition) is 6. The van der Waals surface area contributed by atoms with Crippen LogP contribution in [0.15, 0.2) is 24.3 Å². The molecule has 0 atom stereocenters. The highest BCUT2D eigenvalue weighted by molar-refractivity contribution is 5.60. The van der Waals surface area contributed by atoms with Crippen LogP contribution >= 0.6 is 0 Å². The van der Waals surface area contributed by atoms with E-state index in [0.29, 0.717) is 11.5 Å². The molecule has 0 amide bonds. The zero-order chi connectivity index (χ0) is 18.4. The number of benzene rings is 1. The molecular weight excluding hydrogens is 318 g/mol. The Morgan fingerprint density at radius 1 is 1.16 bits per heavy atom. The number of nitro benzene ring substituents is 1. The van der Waals surface area contributed by atoms with Crippen molar-refractivity contribution < 1.29 is 4.92 Å². The molecule has 0 saturated heterocycles. The lowest BCUT2D eigenvalue weighted by atomic mass is 10.2. The summed E-state index contributed by atoms with van der Waals surface area (Å²) in [5.74, 6) is 1.41. The summed E-state index contributed by atoms with van der Waals surface area (Å²) in [6, 6.07) is 6.95. The molecule has 2 rings (SSSR count). The molecule has 7 heteroatoms. The van der Waals surface area contributed by atoms with Crippen LogP contribution in [0.4, 0.5) is 23.1 Å². The number of anilines is 3. The van der Waals surface area contributed by atoms with E-state index in [-0.39, 0.29) is 10.6 Å². The van der Waals surface area contributed by atoms with Crippen LogP contribution in [0.25, 0.3) is 0 Å². The van der Waals surface area contributed by atoms with Gasteiger partial charge in [-0.3, -0.25) is 10.1 Å². The van der Waals surface area contributed by atoms with E-state index in [1.165, 1.54) is 6.07 Å². The Hall–Kier alpha value is -2.70. The van der Waals surface area contributed by atoms with E-state index in [1.807, 2.05) is 6.07 Å². The third kappa shape index (κ3) is 4.65. The quantitative estimate of drug-likeness (QED) is 0.570. The predicted molar refractivity (Wildman–Crippen MR) is 101 cm³/mol. The zero-order valence-corrected chi connectivity index (χ0v) is 15.2. The van der Waals surface area contributed by atoms with E-state index in [4.69, 9.17) is 0 Å². The fraction of sp³-hybridized carbons (Fsp3) is 0.444. The highest BCUT2D eigenvalue weighted by atomic mass is 16.6. The van der Waals surface area contributed by atoms with Gasteiger partial charge in [0.1, 0.15) is 5.82 Å². The molecule has 2 aromatic rings. The van der Waals surface area contributed by atoms with Crippen molar-refractivity contribution in [3.05, 3.63) is 45.6 Å². The Kier molecular flexibility index (Phi) is 6.27. The first-order valence-corrected chi connectivity index (χ1v) is 8.63. The predicted octanol–water partition coefficient (Wildman–Crippen LogP) is 4.24. The molecule has 0 aliphatic carbocycles. The van der Waals surface area contributed by atoms with Gasteiger partial charge in [0.15, 0.2) is 0 Å². The molecule has 1 aromatic heterocycles. The Morgan fingerprint density at radius 2 is 1.88 bits per heavy atom. The van der Waals surface area contributed by atoms with E-state index in [1.54, 1.807) is 19.1 Å². The summed E-state index contributed by atoms with van der Waals surface area (Å²) in [5, 5.41) is 14.1. The molecule has 1 heterocycles. The Morgan fingerprint density at radius 3 is 2.44 bits per heavy atom. The molecule has 134 valence electrons. The van der Waals surface area contributed by atoms with Crippen molar-refractivity contribution in [2.75, 3.05) is 23.3 Å². The minimum absolute atomic E-state index is 0.107. The summed E-state index contributed by atoms with van der Waals surface area (Å²) in [7, 11) is 0. The van der Waals surface area contributed by atoms with Gasteiger partial charge in [-0.2, -0.15) is 4.98 Å². The minimum Gasteiger partial charge on any atom is -0.357 e. The molecule has 1 aromatic carbocycles. The number of aryl methyl sites for hydroxylation is 2. The largest absolute Gasteiger partial charge is 0.357 e. The fourth-order valence-corrected chi connectivity index (χ4v) is 2.70. The van der Waals surface area contributed by atoms with Crippen LogP contribution in [0.2, 0.25) is 0 Å². The fourth-order valence-electron chi connectivity index (χ4n) is 2.70. The van der Waals surface area contributed by atoms with E-state index >= 15 is 0 Å². The molecule has 0 fully saturated rings. The molecule has 1 N–H and O–H groups in total. The van der Waals surface area contributed by atoms with Crippen LogP contribution < -0.4 is 10.2 Å². The number of hydrogen-bond donors (Lipinski definition) is 1. The van der Waals surface area contributed by atoms with Crippen molar-refractivity contribution in [1.82, 2.24) is 9.97 Å². The smallest absolute Gasteiger partial charge is 0.272 e. The van der Waals surface area contributed by atoms with Crippen molar-refractivity contribution >= 4 is 23.1 Å². The third-order valence-corrected chi connectivity index (χ3v) is 4.01. The van der Waals surface area contributed by atoms with E-state index in [0.717, 1.165) is 43.1 Å². The maximum absolute atomic E-state index is 10.9. The second kappa shape index (κ2) is 8.41. The van der Waals surface area contributed by atoms with Gasteiger partial charge < -0.3 is 10.2 Å². The van der Waals surface area contributed by atoms with Crippen LogP contribution in [0.1, 0.15) is 38.4 Å². The Balaban J connectivity index is 2.34. The van der Waals surface area contributed by atoms with Crippen LogP contribution in [0.5, 0.6) is 0 Å². The van der Waals surface area contributed by atoms with Crippen LogP contribution in [-0.2, 0) is 6.42 Å². The van der Waals surface area contributed by atoms with Crippen LogP contribution in [-0.4, -0.2) is 28.0 Å². The molecular formula is C18H25N5O2. The molecule has 0 saturated carbocycles. The maximum Gasteiger partial charge on any atom is 0.272 e. The van der Waals surface area contributed by atoms with Crippen molar-refractivity contribution in [3.8, 4) is 0 Å². The van der Waals surface area contributed by atoms with Gasteiger partial charge in [-0.25, -0.2) is 4.98 Å². The second-order valence-corrected chi connectivity index (χ2v) is 5.85. The van der Waals surface area contributed by atoms with Crippen LogP contribution in [0.3, 0.4) is 0 Å². The van der Waals surface area contributed by atoms with E-state index in [9.17, 15) is 10.1 Å². The minimum atomic E-state index is -0.379. The molecule has 0 bridgehead atoms. The highest BCUT2D eigenvalue weighted by Gasteiger charge is 2.12. The number of rotatable bonds is 8. The molecule has 7 nitrogen and oxygen atoms in total. The second-order valence-electron chi connectivity index (χ2n) is 5.85. The van der Waals surface area contributed by atoms with Crippen molar-refractivity contribution in [3.63, 3.8) is 0 Å². The molecule has 0 spiro atoms. The number of nitro groups is 1. The average Bonchev–Trinajstić information content (AvgIpc) is 2.56. The topological polar surface area (TPSA) is 84.2 Å². The molecule has 25 heavy (non-hydrogen) atoms. The van der Waals surface area contributed by atoms with Gasteiger partial charge >= 0.3 is 0 Å². The van der Waals surface area contributed by atoms with Gasteiger partial charge in [0, 0.05) is 42.2 Å². The lowest BCUT2D eigenvalue weighted by Gasteiger charge is -2.21. The van der Waals surface area contributed by atoms with Crippen molar-refractivity contribution in [2.24, 2.45) is 0 Å². The van der Waals surface area contributed by atoms with Gasteiger partial charge in [0.05, 0.1) is 4.92 Å². The standard InChI is InChI=1S/C18H25N5O2/c1-5-8-14-12-17(22(6-2)7-3)21-18(19-14)20-15-9-10-16(23(24)25)13(4)11-15/h9-12H,5-8H2,1-4H3,(H,19,20,21). The summed E-state index contributed by atoms with van der Waals surface area (Å²) in [4.78, 5) is 21.9. The Labute approximate surface area is 148 Å². The lowest BCUT2D eigenvalue weighted by molar-refractivity contribution is -0.385. The first-order chi connectivity index (χ1) is 12.0. The first kappa shape index (κ1) is 18.6. The van der Waals surface area contributed by atoms with Crippen molar-refractivity contribution in [2.45, 2.75) is 40.5 Å². The number of aromatic nitrogens is 2. The number of nitrogens with zero attached hydrogens (tertiary/aromatic N) is 4. The first-order valence-electron chi connectivity index (χ1n) is 8.63.